The van der Waals surface area contributed by atoms with E-state index in [2.05, 4.69) is 25.2 Å². The molecule has 4 N–H and O–H groups in total. The van der Waals surface area contributed by atoms with Crippen LogP contribution in [0.1, 0.15) is 75.6 Å². The predicted molar refractivity (Wildman–Crippen MR) is 149 cm³/mol. The van der Waals surface area contributed by atoms with Crippen LogP contribution in [0.2, 0.25) is 0 Å². The van der Waals surface area contributed by atoms with E-state index in [1.165, 1.54) is 18.9 Å². The van der Waals surface area contributed by atoms with Crippen LogP contribution in [0, 0.1) is 5.41 Å². The van der Waals surface area contributed by atoms with Crippen molar-refractivity contribution >= 4 is 33.1 Å². The molecule has 3 fully saturated rings. The molecule has 1 aromatic heterocycles. The lowest BCUT2D eigenvalue weighted by Crippen LogP contribution is -2.37. The second-order valence-electron chi connectivity index (χ2n) is 11.8. The zero-order valence-corrected chi connectivity index (χ0v) is 23.1. The van der Waals surface area contributed by atoms with E-state index in [9.17, 15) is 18.3 Å². The van der Waals surface area contributed by atoms with Gasteiger partial charge in [-0.15, -0.1) is 0 Å². The van der Waals surface area contributed by atoms with Crippen molar-refractivity contribution < 1.29 is 18.3 Å². The smallest absolute Gasteiger partial charge is 0.258 e. The van der Waals surface area contributed by atoms with E-state index in [1.54, 1.807) is 18.2 Å². The lowest BCUT2D eigenvalue weighted by atomic mass is 9.93. The summed E-state index contributed by atoms with van der Waals surface area (Å²) in [5.41, 5.74) is 2.14. The number of benzene rings is 1. The largest absolute Gasteiger partial charge is 0.394 e. The molecule has 0 atom stereocenters. The fourth-order valence-electron chi connectivity index (χ4n) is 5.53. The first-order valence-electron chi connectivity index (χ1n) is 13.7. The number of piperidine rings is 1. The highest BCUT2D eigenvalue weighted by molar-refractivity contribution is 7.89. The first-order chi connectivity index (χ1) is 18.1. The minimum absolute atomic E-state index is 0.0304. The van der Waals surface area contributed by atoms with Gasteiger partial charge in [0, 0.05) is 24.8 Å². The number of aromatic nitrogens is 1. The SMILES string of the molecule is CC(C)(CO)Nc1ccc(C(=O)Nc2cccc(S(=O)(=O)NC3CCCC3)n2)c(N2CCC3(CC2)CC3)c1. The molecule has 10 heteroatoms. The topological polar surface area (TPSA) is 124 Å². The van der Waals surface area contributed by atoms with Gasteiger partial charge in [0.15, 0.2) is 5.03 Å². The summed E-state index contributed by atoms with van der Waals surface area (Å²) >= 11 is 0. The Morgan fingerprint density at radius 2 is 1.82 bits per heavy atom. The maximum Gasteiger partial charge on any atom is 0.258 e. The maximum absolute atomic E-state index is 13.5. The van der Waals surface area contributed by atoms with Crippen molar-refractivity contribution in [2.45, 2.75) is 81.8 Å². The minimum Gasteiger partial charge on any atom is -0.394 e. The number of nitrogens with one attached hydrogen (secondary N) is 3. The highest BCUT2D eigenvalue weighted by Crippen LogP contribution is 2.54. The van der Waals surface area contributed by atoms with Crippen molar-refractivity contribution in [2.75, 3.05) is 35.2 Å². The van der Waals surface area contributed by atoms with Crippen LogP contribution in [0.5, 0.6) is 0 Å². The van der Waals surface area contributed by atoms with Crippen LogP contribution in [0.3, 0.4) is 0 Å². The molecule has 2 aromatic rings. The van der Waals surface area contributed by atoms with E-state index < -0.39 is 15.6 Å². The molecule has 0 unspecified atom stereocenters. The summed E-state index contributed by atoms with van der Waals surface area (Å²) in [6, 6.07) is 10.2. The number of pyridine rings is 1. The normalized spacial score (nSPS) is 19.5. The summed E-state index contributed by atoms with van der Waals surface area (Å²) in [6.07, 6.45) is 8.51. The first-order valence-corrected chi connectivity index (χ1v) is 15.2. The van der Waals surface area contributed by atoms with Gasteiger partial charge in [-0.2, -0.15) is 0 Å². The highest BCUT2D eigenvalue weighted by atomic mass is 32.2. The van der Waals surface area contributed by atoms with Gasteiger partial charge in [-0.3, -0.25) is 4.79 Å². The molecule has 3 aliphatic rings. The lowest BCUT2D eigenvalue weighted by Gasteiger charge is -2.35. The highest BCUT2D eigenvalue weighted by Gasteiger charge is 2.44. The Labute approximate surface area is 225 Å². The molecule has 2 aliphatic carbocycles. The molecule has 1 saturated heterocycles. The molecule has 0 radical (unpaired) electrons. The van der Waals surface area contributed by atoms with Crippen LogP contribution in [-0.4, -0.2) is 55.7 Å². The molecule has 2 saturated carbocycles. The van der Waals surface area contributed by atoms with Crippen molar-refractivity contribution in [2.24, 2.45) is 5.41 Å². The number of amides is 1. The van der Waals surface area contributed by atoms with Gasteiger partial charge in [-0.05, 0) is 88.1 Å². The third kappa shape index (κ3) is 6.13. The number of rotatable bonds is 9. The Hall–Kier alpha value is -2.69. The van der Waals surface area contributed by atoms with Crippen molar-refractivity contribution in [1.29, 1.82) is 0 Å². The number of anilines is 3. The van der Waals surface area contributed by atoms with E-state index >= 15 is 0 Å². The number of aliphatic hydroxyl groups is 1. The minimum atomic E-state index is -3.77. The zero-order chi connectivity index (χ0) is 27.0. The number of aliphatic hydroxyl groups excluding tert-OH is 1. The van der Waals surface area contributed by atoms with Gasteiger partial charge in [-0.1, -0.05) is 18.9 Å². The van der Waals surface area contributed by atoms with Gasteiger partial charge >= 0.3 is 0 Å². The van der Waals surface area contributed by atoms with E-state index in [0.717, 1.165) is 63.0 Å². The van der Waals surface area contributed by atoms with Gasteiger partial charge < -0.3 is 20.6 Å². The van der Waals surface area contributed by atoms with Crippen LogP contribution in [0.15, 0.2) is 41.4 Å². The second-order valence-corrected chi connectivity index (χ2v) is 13.5. The Balaban J connectivity index is 1.37. The van der Waals surface area contributed by atoms with E-state index in [-0.39, 0.29) is 29.4 Å². The molecule has 5 rings (SSSR count). The Morgan fingerprint density at radius 1 is 1.11 bits per heavy atom. The number of hydrogen-bond donors (Lipinski definition) is 4. The summed E-state index contributed by atoms with van der Waals surface area (Å²) < 4.78 is 28.5. The number of hydrogen-bond acceptors (Lipinski definition) is 7. The van der Waals surface area contributed by atoms with E-state index in [4.69, 9.17) is 0 Å². The lowest BCUT2D eigenvalue weighted by molar-refractivity contribution is 0.102. The first kappa shape index (κ1) is 26.9. The fraction of sp³-hybridized carbons (Fsp3) is 0.571. The number of sulfonamides is 1. The average Bonchev–Trinajstić information content (AvgIpc) is 3.44. The second kappa shape index (κ2) is 10.5. The van der Waals surface area contributed by atoms with Gasteiger partial charge in [0.05, 0.1) is 23.4 Å². The quantitative estimate of drug-likeness (QED) is 0.377. The summed E-state index contributed by atoms with van der Waals surface area (Å²) in [6.45, 7) is 5.56. The molecular weight excluding hydrogens is 502 g/mol. The third-order valence-corrected chi connectivity index (χ3v) is 9.58. The van der Waals surface area contributed by atoms with E-state index in [0.29, 0.717) is 11.0 Å². The predicted octanol–water partition coefficient (Wildman–Crippen LogP) is 4.12. The van der Waals surface area contributed by atoms with Crippen molar-refractivity contribution in [3.05, 3.63) is 42.0 Å². The Morgan fingerprint density at radius 3 is 2.47 bits per heavy atom. The molecule has 206 valence electrons. The van der Waals surface area contributed by atoms with E-state index in [1.807, 2.05) is 26.0 Å². The fourth-order valence-corrected chi connectivity index (χ4v) is 6.80. The Bertz CT molecular complexity index is 1280. The summed E-state index contributed by atoms with van der Waals surface area (Å²) in [4.78, 5) is 20.0. The molecule has 1 amide bonds. The van der Waals surface area contributed by atoms with Crippen molar-refractivity contribution in [1.82, 2.24) is 9.71 Å². The monoisotopic (exact) mass is 541 g/mol. The zero-order valence-electron chi connectivity index (χ0n) is 22.3. The molecule has 1 aliphatic heterocycles. The molecule has 9 nitrogen and oxygen atoms in total. The van der Waals surface area contributed by atoms with Gasteiger partial charge in [-0.25, -0.2) is 18.1 Å². The maximum atomic E-state index is 13.5. The summed E-state index contributed by atoms with van der Waals surface area (Å²) in [5, 5.41) is 15.8. The third-order valence-electron chi connectivity index (χ3n) is 8.16. The van der Waals surface area contributed by atoms with Crippen LogP contribution in [0.4, 0.5) is 17.2 Å². The number of carbonyl (C=O) groups excluding carboxylic acids is 1. The number of nitrogens with zero attached hydrogens (tertiary/aromatic N) is 2. The molecule has 38 heavy (non-hydrogen) atoms. The molecule has 1 spiro atoms. The summed E-state index contributed by atoms with van der Waals surface area (Å²) in [5.74, 6) is -0.153. The van der Waals surface area contributed by atoms with Crippen LogP contribution in [0.25, 0.3) is 0 Å². The molecular formula is C28H39N5O4S. The Kier molecular flexibility index (Phi) is 7.41. The van der Waals surface area contributed by atoms with Crippen LogP contribution >= 0.6 is 0 Å². The van der Waals surface area contributed by atoms with Crippen molar-refractivity contribution in [3.63, 3.8) is 0 Å². The average molecular weight is 542 g/mol. The van der Waals surface area contributed by atoms with Gasteiger partial charge in [0.1, 0.15) is 5.82 Å². The molecule has 0 bridgehead atoms. The molecule has 2 heterocycles. The van der Waals surface area contributed by atoms with Crippen LogP contribution < -0.4 is 20.3 Å². The standard InChI is InChI=1S/C28H39N5O4S/c1-27(2,19-34)31-21-10-11-22(23(18-21)33-16-14-28(12-13-28)15-17-33)26(35)30-24-8-5-9-25(29-24)38(36,37)32-20-6-3-4-7-20/h5,8-11,18,20,31-32,34H,3-4,6-7,12-17,19H2,1-2H3,(H,29,30,35). The van der Waals surface area contributed by atoms with Crippen LogP contribution in [-0.2, 0) is 10.0 Å². The summed E-state index contributed by atoms with van der Waals surface area (Å²) in [7, 11) is -3.77. The molecule has 1 aromatic carbocycles. The van der Waals surface area contributed by atoms with Crippen molar-refractivity contribution in [3.8, 4) is 0 Å². The van der Waals surface area contributed by atoms with Gasteiger partial charge in [0.2, 0.25) is 0 Å². The number of carbonyl (C=O) groups is 1. The van der Waals surface area contributed by atoms with Gasteiger partial charge in [0.25, 0.3) is 15.9 Å².